The maximum absolute atomic E-state index is 11.4. The number of phenols is 1. The number of benzene rings is 2. The van der Waals surface area contributed by atoms with Gasteiger partial charge in [0.2, 0.25) is 0 Å². The standard InChI is InChI=1S/C10H8O10S3/c11-9-8(22(15,16)17)4-6-5(10(9)23(18,19)20)2-1-3-7(6)21(12,13)14/h1-4,11H,(H,12,13,14)(H,15,16,17)(H,18,19,20). The van der Waals surface area contributed by atoms with Crippen molar-refractivity contribution in [2.45, 2.75) is 14.7 Å². The summed E-state index contributed by atoms with van der Waals surface area (Å²) in [5.41, 5.74) is 0. The fourth-order valence-corrected chi connectivity index (χ4v) is 4.20. The molecule has 0 fully saturated rings. The average molecular weight is 384 g/mol. The molecule has 0 aromatic heterocycles. The maximum atomic E-state index is 11.4. The molecular formula is C10H8O10S3. The number of aromatic hydroxyl groups is 1. The largest absolute Gasteiger partial charge is 0.505 e. The molecule has 0 aliphatic carbocycles. The monoisotopic (exact) mass is 384 g/mol. The zero-order valence-electron chi connectivity index (χ0n) is 10.8. The summed E-state index contributed by atoms with van der Waals surface area (Å²) in [4.78, 5) is -3.56. The second-order valence-electron chi connectivity index (χ2n) is 4.33. The minimum Gasteiger partial charge on any atom is -0.505 e. The van der Waals surface area contributed by atoms with Crippen molar-refractivity contribution in [3.05, 3.63) is 24.3 Å². The van der Waals surface area contributed by atoms with Crippen molar-refractivity contribution in [2.24, 2.45) is 0 Å². The summed E-state index contributed by atoms with van der Waals surface area (Å²) in [5, 5.41) is 8.54. The Bertz CT molecular complexity index is 1130. The molecule has 0 saturated heterocycles. The molecule has 0 unspecified atom stereocenters. The molecule has 2 rings (SSSR count). The van der Waals surface area contributed by atoms with Gasteiger partial charge in [-0.1, -0.05) is 12.1 Å². The highest BCUT2D eigenvalue weighted by atomic mass is 32.2. The summed E-state index contributed by atoms with van der Waals surface area (Å²) in [5.74, 6) is -1.49. The maximum Gasteiger partial charge on any atom is 0.298 e. The molecule has 0 spiro atoms. The predicted octanol–water partition coefficient (Wildman–Crippen LogP) is 0.286. The molecule has 13 heteroatoms. The van der Waals surface area contributed by atoms with Crippen LogP contribution in [0, 0.1) is 0 Å². The Hall–Kier alpha value is -1.77. The second kappa shape index (κ2) is 5.12. The highest BCUT2D eigenvalue weighted by Crippen LogP contribution is 2.39. The number of rotatable bonds is 3. The van der Waals surface area contributed by atoms with E-state index >= 15 is 0 Å². The van der Waals surface area contributed by atoms with E-state index in [1.165, 1.54) is 0 Å². The van der Waals surface area contributed by atoms with Crippen LogP contribution >= 0.6 is 0 Å². The molecule has 10 nitrogen and oxygen atoms in total. The molecule has 126 valence electrons. The summed E-state index contributed by atoms with van der Waals surface area (Å²) in [6, 6.07) is 3.24. The number of fused-ring (bicyclic) bond motifs is 1. The Balaban J connectivity index is 3.27. The molecule has 0 heterocycles. The molecule has 0 saturated carbocycles. The van der Waals surface area contributed by atoms with Crippen molar-refractivity contribution in [1.82, 2.24) is 0 Å². The molecule has 0 aliphatic heterocycles. The molecule has 0 bridgehead atoms. The minimum atomic E-state index is -5.21. The second-order valence-corrected chi connectivity index (χ2v) is 8.47. The number of hydrogen-bond donors (Lipinski definition) is 4. The first-order valence-electron chi connectivity index (χ1n) is 5.46. The van der Waals surface area contributed by atoms with Crippen LogP contribution in [0.4, 0.5) is 0 Å². The van der Waals surface area contributed by atoms with Crippen molar-refractivity contribution in [2.75, 3.05) is 0 Å². The van der Waals surface area contributed by atoms with E-state index in [1.807, 2.05) is 0 Å². The van der Waals surface area contributed by atoms with Crippen LogP contribution in [-0.2, 0) is 30.4 Å². The van der Waals surface area contributed by atoms with Gasteiger partial charge in [-0.25, -0.2) is 0 Å². The third-order valence-electron chi connectivity index (χ3n) is 2.85. The molecule has 23 heavy (non-hydrogen) atoms. The Kier molecular flexibility index (Phi) is 3.91. The van der Waals surface area contributed by atoms with Gasteiger partial charge in [-0.05, 0) is 12.1 Å². The quantitative estimate of drug-likeness (QED) is 0.536. The van der Waals surface area contributed by atoms with Gasteiger partial charge >= 0.3 is 0 Å². The van der Waals surface area contributed by atoms with E-state index in [9.17, 15) is 34.9 Å². The van der Waals surface area contributed by atoms with E-state index in [1.54, 1.807) is 0 Å². The summed E-state index contributed by atoms with van der Waals surface area (Å²) < 4.78 is 95.3. The minimum absolute atomic E-state index is 0.456. The Labute approximate surface area is 130 Å². The lowest BCUT2D eigenvalue weighted by atomic mass is 10.1. The van der Waals surface area contributed by atoms with E-state index in [0.29, 0.717) is 6.07 Å². The SMILES string of the molecule is O=S(=O)(O)c1cc2c(S(=O)(=O)O)cccc2c(S(=O)(=O)O)c1O. The van der Waals surface area contributed by atoms with Gasteiger partial charge in [0.15, 0.2) is 5.75 Å². The molecule has 0 aliphatic rings. The van der Waals surface area contributed by atoms with Crippen molar-refractivity contribution < 1.29 is 44.0 Å². The Morgan fingerprint density at radius 1 is 0.696 bits per heavy atom. The van der Waals surface area contributed by atoms with Crippen LogP contribution in [0.15, 0.2) is 39.0 Å². The highest BCUT2D eigenvalue weighted by Gasteiger charge is 2.29. The van der Waals surface area contributed by atoms with Crippen LogP contribution in [0.3, 0.4) is 0 Å². The fourth-order valence-electron chi connectivity index (χ4n) is 2.01. The van der Waals surface area contributed by atoms with Crippen LogP contribution in [-0.4, -0.2) is 44.0 Å². The van der Waals surface area contributed by atoms with Crippen molar-refractivity contribution in [3.63, 3.8) is 0 Å². The first-order chi connectivity index (χ1) is 10.2. The summed E-state index contributed by atoms with van der Waals surface area (Å²) in [6.07, 6.45) is 0. The lowest BCUT2D eigenvalue weighted by Gasteiger charge is -2.12. The Morgan fingerprint density at radius 3 is 1.65 bits per heavy atom. The topological polar surface area (TPSA) is 183 Å². The van der Waals surface area contributed by atoms with E-state index in [-0.39, 0.29) is 0 Å². The van der Waals surface area contributed by atoms with E-state index < -0.39 is 61.6 Å². The van der Waals surface area contributed by atoms with Gasteiger partial charge in [-0.3, -0.25) is 13.7 Å². The molecule has 2 aromatic carbocycles. The van der Waals surface area contributed by atoms with Gasteiger partial charge in [0.05, 0.1) is 0 Å². The smallest absolute Gasteiger partial charge is 0.298 e. The lowest BCUT2D eigenvalue weighted by Crippen LogP contribution is -2.07. The van der Waals surface area contributed by atoms with Crippen molar-refractivity contribution in [3.8, 4) is 5.75 Å². The third kappa shape index (κ3) is 3.15. The normalized spacial score (nSPS) is 13.3. The average Bonchev–Trinajstić information content (AvgIpc) is 2.32. The molecule has 0 radical (unpaired) electrons. The van der Waals surface area contributed by atoms with Crippen LogP contribution in [0.5, 0.6) is 5.75 Å². The zero-order valence-corrected chi connectivity index (χ0v) is 13.2. The van der Waals surface area contributed by atoms with Gasteiger partial charge in [-0.15, -0.1) is 0 Å². The van der Waals surface area contributed by atoms with Crippen molar-refractivity contribution >= 4 is 41.1 Å². The van der Waals surface area contributed by atoms with Crippen LogP contribution in [0.2, 0.25) is 0 Å². The number of phenolic OH excluding ortho intramolecular Hbond substituents is 1. The van der Waals surface area contributed by atoms with E-state index in [2.05, 4.69) is 0 Å². The van der Waals surface area contributed by atoms with Crippen LogP contribution < -0.4 is 0 Å². The molecule has 2 aromatic rings. The third-order valence-corrected chi connectivity index (χ3v) is 5.56. The lowest BCUT2D eigenvalue weighted by molar-refractivity contribution is 0.425. The molecule has 0 amide bonds. The summed E-state index contributed by atoms with van der Waals surface area (Å²) >= 11 is 0. The first-order valence-corrected chi connectivity index (χ1v) is 9.78. The molecule has 4 N–H and O–H groups in total. The van der Waals surface area contributed by atoms with Crippen LogP contribution in [0.25, 0.3) is 10.8 Å². The van der Waals surface area contributed by atoms with Crippen molar-refractivity contribution in [1.29, 1.82) is 0 Å². The highest BCUT2D eigenvalue weighted by molar-refractivity contribution is 7.87. The molecular weight excluding hydrogens is 376 g/mol. The van der Waals surface area contributed by atoms with Gasteiger partial charge in [0.25, 0.3) is 30.4 Å². The van der Waals surface area contributed by atoms with Gasteiger partial charge < -0.3 is 5.11 Å². The first kappa shape index (κ1) is 17.6. The fraction of sp³-hybridized carbons (Fsp3) is 0. The van der Waals surface area contributed by atoms with Gasteiger partial charge in [0, 0.05) is 10.8 Å². The Morgan fingerprint density at radius 2 is 1.22 bits per heavy atom. The van der Waals surface area contributed by atoms with Gasteiger partial charge in [0.1, 0.15) is 14.7 Å². The summed E-state index contributed by atoms with van der Waals surface area (Å²) in [7, 11) is -15.3. The summed E-state index contributed by atoms with van der Waals surface area (Å²) in [6.45, 7) is 0. The van der Waals surface area contributed by atoms with Gasteiger partial charge in [-0.2, -0.15) is 25.3 Å². The molecule has 0 atom stereocenters. The van der Waals surface area contributed by atoms with E-state index in [0.717, 1.165) is 18.2 Å². The predicted molar refractivity (Wildman–Crippen MR) is 75.1 cm³/mol. The van der Waals surface area contributed by atoms with Crippen LogP contribution in [0.1, 0.15) is 0 Å². The number of hydrogen-bond acceptors (Lipinski definition) is 7. The van der Waals surface area contributed by atoms with E-state index in [4.69, 9.17) is 9.11 Å². The zero-order chi connectivity index (χ0) is 17.8.